The fourth-order valence-electron chi connectivity index (χ4n) is 4.22. The van der Waals surface area contributed by atoms with Gasteiger partial charge in [-0.2, -0.15) is 0 Å². The van der Waals surface area contributed by atoms with Crippen LogP contribution in [0.3, 0.4) is 0 Å². The summed E-state index contributed by atoms with van der Waals surface area (Å²) in [6.07, 6.45) is -0.117. The molecule has 0 aliphatic rings. The molecule has 0 saturated heterocycles. The van der Waals surface area contributed by atoms with Crippen molar-refractivity contribution in [3.63, 3.8) is 0 Å². The predicted octanol–water partition coefficient (Wildman–Crippen LogP) is 5.92. The largest absolute Gasteiger partial charge is 0.497 e. The zero-order valence-electron chi connectivity index (χ0n) is 24.4. The van der Waals surface area contributed by atoms with Gasteiger partial charge in [-0.3, -0.25) is 9.59 Å². The van der Waals surface area contributed by atoms with Crippen LogP contribution in [-0.4, -0.2) is 47.1 Å². The second kappa shape index (κ2) is 12.3. The number of ether oxygens (including phenoxy) is 2. The van der Waals surface area contributed by atoms with E-state index >= 15 is 0 Å². The molecule has 2 rings (SSSR count). The van der Waals surface area contributed by atoms with Gasteiger partial charge in [0, 0.05) is 11.2 Å². The molecule has 0 aromatic heterocycles. The molecule has 0 saturated carbocycles. The van der Waals surface area contributed by atoms with Crippen LogP contribution in [0.1, 0.15) is 77.6 Å². The molecule has 0 radical (unpaired) electrons. The second-order valence-electron chi connectivity index (χ2n) is 11.2. The third kappa shape index (κ3) is 7.73. The predicted molar refractivity (Wildman–Crippen MR) is 150 cm³/mol. The Morgan fingerprint density at radius 3 is 1.97 bits per heavy atom. The number of alkyl carbamates (subject to hydrolysis) is 1. The van der Waals surface area contributed by atoms with E-state index in [-0.39, 0.29) is 11.8 Å². The Hall–Kier alpha value is -3.55. The molecular formula is C30H43N3O5. The molecule has 0 fully saturated rings. The van der Waals surface area contributed by atoms with Crippen LogP contribution in [-0.2, 0) is 14.3 Å². The number of methoxy groups -OCH3 is 1. The Bertz CT molecular complexity index is 1120. The SMILES string of the molecule is CCC(C)(C)N(C(=O)C(C)NC(=O)OC(C)(C)C)C(C(=O)Nc1ccc(OC)cc1)c1c(C)cccc1C. The van der Waals surface area contributed by atoms with Gasteiger partial charge in [0.2, 0.25) is 5.91 Å². The van der Waals surface area contributed by atoms with Crippen molar-refractivity contribution in [1.29, 1.82) is 0 Å². The van der Waals surface area contributed by atoms with Gasteiger partial charge in [-0.1, -0.05) is 25.1 Å². The monoisotopic (exact) mass is 525 g/mol. The van der Waals surface area contributed by atoms with E-state index in [2.05, 4.69) is 10.6 Å². The van der Waals surface area contributed by atoms with Crippen molar-refractivity contribution in [3.8, 4) is 5.75 Å². The number of hydrogen-bond donors (Lipinski definition) is 2. The van der Waals surface area contributed by atoms with Gasteiger partial charge in [0.1, 0.15) is 23.4 Å². The Labute approximate surface area is 227 Å². The molecule has 38 heavy (non-hydrogen) atoms. The highest BCUT2D eigenvalue weighted by Gasteiger charge is 2.43. The number of nitrogens with zero attached hydrogens (tertiary/aromatic N) is 1. The highest BCUT2D eigenvalue weighted by atomic mass is 16.6. The van der Waals surface area contributed by atoms with E-state index in [1.807, 2.05) is 52.8 Å². The van der Waals surface area contributed by atoms with Crippen molar-refractivity contribution < 1.29 is 23.9 Å². The third-order valence-electron chi connectivity index (χ3n) is 6.54. The minimum atomic E-state index is -0.955. The van der Waals surface area contributed by atoms with Gasteiger partial charge in [-0.15, -0.1) is 0 Å². The van der Waals surface area contributed by atoms with Crippen molar-refractivity contribution in [2.24, 2.45) is 0 Å². The van der Waals surface area contributed by atoms with Crippen molar-refractivity contribution in [2.45, 2.75) is 92.0 Å². The molecule has 2 unspecified atom stereocenters. The van der Waals surface area contributed by atoms with Gasteiger partial charge in [-0.25, -0.2) is 4.79 Å². The van der Waals surface area contributed by atoms with E-state index in [9.17, 15) is 14.4 Å². The molecule has 3 amide bonds. The molecule has 0 heterocycles. The van der Waals surface area contributed by atoms with Crippen molar-refractivity contribution in [2.75, 3.05) is 12.4 Å². The maximum absolute atomic E-state index is 14.1. The van der Waals surface area contributed by atoms with E-state index < -0.39 is 29.3 Å². The first-order valence-corrected chi connectivity index (χ1v) is 12.9. The molecule has 8 nitrogen and oxygen atoms in total. The van der Waals surface area contributed by atoms with E-state index in [0.717, 1.165) is 16.7 Å². The van der Waals surface area contributed by atoms with Crippen molar-refractivity contribution in [1.82, 2.24) is 10.2 Å². The molecule has 2 aromatic rings. The number of amides is 3. The number of rotatable bonds is 9. The molecule has 2 atom stereocenters. The Balaban J connectivity index is 2.59. The topological polar surface area (TPSA) is 97.0 Å². The first-order valence-electron chi connectivity index (χ1n) is 12.9. The van der Waals surface area contributed by atoms with Crippen LogP contribution in [0.5, 0.6) is 5.75 Å². The van der Waals surface area contributed by atoms with Gasteiger partial charge < -0.3 is 25.0 Å². The number of carbonyl (C=O) groups excluding carboxylic acids is 3. The third-order valence-corrected chi connectivity index (χ3v) is 6.54. The lowest BCUT2D eigenvalue weighted by Gasteiger charge is -2.45. The molecule has 2 aromatic carbocycles. The lowest BCUT2D eigenvalue weighted by molar-refractivity contribution is -0.147. The lowest BCUT2D eigenvalue weighted by atomic mass is 9.88. The van der Waals surface area contributed by atoms with Crippen LogP contribution >= 0.6 is 0 Å². The highest BCUT2D eigenvalue weighted by molar-refractivity contribution is 5.99. The normalized spacial score (nSPS) is 13.2. The number of nitrogens with one attached hydrogen (secondary N) is 2. The summed E-state index contributed by atoms with van der Waals surface area (Å²) >= 11 is 0. The molecule has 208 valence electrons. The van der Waals surface area contributed by atoms with Crippen LogP contribution in [0.2, 0.25) is 0 Å². The van der Waals surface area contributed by atoms with Gasteiger partial charge in [0.05, 0.1) is 7.11 Å². The Morgan fingerprint density at radius 1 is 0.947 bits per heavy atom. The number of hydrogen-bond acceptors (Lipinski definition) is 5. The average molecular weight is 526 g/mol. The fraction of sp³-hybridized carbons (Fsp3) is 0.500. The van der Waals surface area contributed by atoms with Crippen LogP contribution in [0.15, 0.2) is 42.5 Å². The van der Waals surface area contributed by atoms with Gasteiger partial charge in [0.15, 0.2) is 0 Å². The summed E-state index contributed by atoms with van der Waals surface area (Å²) in [6.45, 7) is 16.5. The van der Waals surface area contributed by atoms with E-state index in [4.69, 9.17) is 9.47 Å². The maximum atomic E-state index is 14.1. The first-order chi connectivity index (χ1) is 17.6. The summed E-state index contributed by atoms with van der Waals surface area (Å²) in [5, 5.41) is 5.64. The Kier molecular flexibility index (Phi) is 9.95. The fourth-order valence-corrected chi connectivity index (χ4v) is 4.22. The summed E-state index contributed by atoms with van der Waals surface area (Å²) in [5.41, 5.74) is 1.66. The molecule has 2 N–H and O–H groups in total. The smallest absolute Gasteiger partial charge is 0.408 e. The molecule has 0 aliphatic heterocycles. The van der Waals surface area contributed by atoms with E-state index in [1.165, 1.54) is 0 Å². The lowest BCUT2D eigenvalue weighted by Crippen LogP contribution is -2.58. The van der Waals surface area contributed by atoms with Gasteiger partial charge >= 0.3 is 6.09 Å². The number of benzene rings is 2. The number of aryl methyl sites for hydroxylation is 2. The minimum absolute atomic E-state index is 0.355. The molecule has 0 bridgehead atoms. The summed E-state index contributed by atoms with van der Waals surface area (Å²) in [7, 11) is 1.58. The van der Waals surface area contributed by atoms with E-state index in [0.29, 0.717) is 17.9 Å². The zero-order chi connectivity index (χ0) is 28.8. The maximum Gasteiger partial charge on any atom is 0.408 e. The molecule has 8 heteroatoms. The highest BCUT2D eigenvalue weighted by Crippen LogP contribution is 2.36. The van der Waals surface area contributed by atoms with E-state index in [1.54, 1.807) is 64.0 Å². The van der Waals surface area contributed by atoms with Gasteiger partial charge in [-0.05, 0) is 103 Å². The van der Waals surface area contributed by atoms with Crippen LogP contribution in [0.25, 0.3) is 0 Å². The minimum Gasteiger partial charge on any atom is -0.497 e. The molecule has 0 aliphatic carbocycles. The number of anilines is 1. The van der Waals surface area contributed by atoms with Crippen LogP contribution in [0.4, 0.5) is 10.5 Å². The summed E-state index contributed by atoms with van der Waals surface area (Å²) in [5.74, 6) is -0.0765. The summed E-state index contributed by atoms with van der Waals surface area (Å²) < 4.78 is 10.6. The Morgan fingerprint density at radius 2 is 1.50 bits per heavy atom. The molecule has 0 spiro atoms. The number of carbonyl (C=O) groups is 3. The summed E-state index contributed by atoms with van der Waals surface area (Å²) in [6, 6.07) is 10.9. The standard InChI is InChI=1S/C30H43N3O5/c1-11-30(8,9)33(27(35)21(4)31-28(36)38-29(5,6)7)25(24-19(2)13-12-14-20(24)3)26(34)32-22-15-17-23(37-10)18-16-22/h12-18,21,25H,11H2,1-10H3,(H,31,36)(H,32,34). The first kappa shape index (κ1) is 30.7. The quantitative estimate of drug-likeness (QED) is 0.423. The zero-order valence-corrected chi connectivity index (χ0v) is 24.4. The van der Waals surface area contributed by atoms with Gasteiger partial charge in [0.25, 0.3) is 5.91 Å². The van der Waals surface area contributed by atoms with Crippen molar-refractivity contribution >= 4 is 23.6 Å². The van der Waals surface area contributed by atoms with Crippen LogP contribution in [0, 0.1) is 13.8 Å². The van der Waals surface area contributed by atoms with Crippen molar-refractivity contribution in [3.05, 3.63) is 59.2 Å². The molecular weight excluding hydrogens is 482 g/mol. The summed E-state index contributed by atoms with van der Waals surface area (Å²) in [4.78, 5) is 42.2. The van der Waals surface area contributed by atoms with Crippen LogP contribution < -0.4 is 15.4 Å². The average Bonchev–Trinajstić information content (AvgIpc) is 2.82. The second-order valence-corrected chi connectivity index (χ2v) is 11.2.